The minimum absolute atomic E-state index is 0.0670. The molecule has 2 amide bonds. The highest BCUT2D eigenvalue weighted by Crippen LogP contribution is 2.36. The second-order valence-corrected chi connectivity index (χ2v) is 6.84. The van der Waals surface area contributed by atoms with E-state index in [1.807, 2.05) is 0 Å². The van der Waals surface area contributed by atoms with E-state index in [0.29, 0.717) is 28.3 Å². The van der Waals surface area contributed by atoms with Crippen LogP contribution in [-0.2, 0) is 9.53 Å². The molecule has 7 nitrogen and oxygen atoms in total. The van der Waals surface area contributed by atoms with Crippen molar-refractivity contribution in [1.82, 2.24) is 10.6 Å². The molecule has 146 valence electrons. The SMILES string of the molecule is COc1ccc([C@H]2NC(=O)NC(C)=C2C(=O)OC2CCCCC2)c(OC)c1. The van der Waals surface area contributed by atoms with Gasteiger partial charge in [-0.15, -0.1) is 0 Å². The summed E-state index contributed by atoms with van der Waals surface area (Å²) in [6.07, 6.45) is 5.02. The third-order valence-corrected chi connectivity index (χ3v) is 5.07. The van der Waals surface area contributed by atoms with Crippen molar-refractivity contribution in [2.45, 2.75) is 51.2 Å². The van der Waals surface area contributed by atoms with Crippen LogP contribution in [0.1, 0.15) is 50.6 Å². The van der Waals surface area contributed by atoms with E-state index in [1.54, 1.807) is 32.2 Å². The van der Waals surface area contributed by atoms with Crippen LogP contribution in [0.25, 0.3) is 0 Å². The van der Waals surface area contributed by atoms with Gasteiger partial charge in [0.2, 0.25) is 0 Å². The summed E-state index contributed by atoms with van der Waals surface area (Å²) in [5, 5.41) is 5.48. The Hall–Kier alpha value is -2.70. The average Bonchev–Trinajstić information content (AvgIpc) is 2.67. The van der Waals surface area contributed by atoms with E-state index in [0.717, 1.165) is 25.7 Å². The lowest BCUT2D eigenvalue weighted by atomic mass is 9.94. The minimum Gasteiger partial charge on any atom is -0.497 e. The summed E-state index contributed by atoms with van der Waals surface area (Å²) in [7, 11) is 3.11. The Bertz CT molecular complexity index is 753. The van der Waals surface area contributed by atoms with Gasteiger partial charge in [-0.25, -0.2) is 9.59 Å². The Labute approximate surface area is 159 Å². The van der Waals surface area contributed by atoms with Gasteiger partial charge in [-0.2, -0.15) is 0 Å². The van der Waals surface area contributed by atoms with Crippen LogP contribution in [0.15, 0.2) is 29.5 Å². The molecular formula is C20H26N2O5. The van der Waals surface area contributed by atoms with Gasteiger partial charge in [-0.3, -0.25) is 0 Å². The molecule has 2 aliphatic rings. The second kappa shape index (κ2) is 8.33. The number of allylic oxidation sites excluding steroid dienone is 1. The average molecular weight is 374 g/mol. The Balaban J connectivity index is 1.93. The van der Waals surface area contributed by atoms with Crippen molar-refractivity contribution in [3.8, 4) is 11.5 Å². The molecule has 27 heavy (non-hydrogen) atoms. The molecule has 1 aliphatic heterocycles. The van der Waals surface area contributed by atoms with Gasteiger partial charge >= 0.3 is 12.0 Å². The van der Waals surface area contributed by atoms with Gasteiger partial charge in [-0.1, -0.05) is 6.42 Å². The van der Waals surface area contributed by atoms with Crippen LogP contribution in [0, 0.1) is 0 Å². The standard InChI is InChI=1S/C20H26N2O5/c1-12-17(19(23)27-13-7-5-4-6-8-13)18(22-20(24)21-12)15-10-9-14(25-2)11-16(15)26-3/h9-11,13,18H,4-8H2,1-3H3,(H2,21,22,24)/t18-/m1/s1. The number of benzene rings is 1. The molecule has 0 radical (unpaired) electrons. The topological polar surface area (TPSA) is 85.9 Å². The van der Waals surface area contributed by atoms with Crippen LogP contribution in [0.3, 0.4) is 0 Å². The molecule has 0 aromatic heterocycles. The third kappa shape index (κ3) is 4.18. The predicted molar refractivity (Wildman–Crippen MR) is 99.6 cm³/mol. The fourth-order valence-corrected chi connectivity index (χ4v) is 3.65. The van der Waals surface area contributed by atoms with Gasteiger partial charge in [0.15, 0.2) is 0 Å². The first-order valence-corrected chi connectivity index (χ1v) is 9.24. The van der Waals surface area contributed by atoms with Crippen molar-refractivity contribution in [3.63, 3.8) is 0 Å². The number of amides is 2. The largest absolute Gasteiger partial charge is 0.497 e. The minimum atomic E-state index is -0.657. The molecule has 0 spiro atoms. The summed E-state index contributed by atoms with van der Waals surface area (Å²) in [4.78, 5) is 25.0. The molecule has 0 bridgehead atoms. The van der Waals surface area contributed by atoms with Crippen molar-refractivity contribution < 1.29 is 23.8 Å². The normalized spacial score (nSPS) is 20.6. The van der Waals surface area contributed by atoms with Gasteiger partial charge in [0.1, 0.15) is 17.6 Å². The molecule has 1 saturated carbocycles. The van der Waals surface area contributed by atoms with Crippen molar-refractivity contribution in [3.05, 3.63) is 35.0 Å². The highest BCUT2D eigenvalue weighted by Gasteiger charge is 2.35. The maximum absolute atomic E-state index is 13.0. The summed E-state index contributed by atoms with van der Waals surface area (Å²) in [6.45, 7) is 1.71. The van der Waals surface area contributed by atoms with Gasteiger partial charge in [0.25, 0.3) is 0 Å². The number of ether oxygens (including phenoxy) is 3. The fraction of sp³-hybridized carbons (Fsp3) is 0.500. The van der Waals surface area contributed by atoms with E-state index >= 15 is 0 Å². The monoisotopic (exact) mass is 374 g/mol. The quantitative estimate of drug-likeness (QED) is 0.773. The van der Waals surface area contributed by atoms with E-state index in [4.69, 9.17) is 14.2 Å². The molecule has 0 saturated heterocycles. The van der Waals surface area contributed by atoms with E-state index in [1.165, 1.54) is 13.5 Å². The Morgan fingerprint density at radius 3 is 2.52 bits per heavy atom. The van der Waals surface area contributed by atoms with Crippen molar-refractivity contribution in [2.24, 2.45) is 0 Å². The number of urea groups is 1. The van der Waals surface area contributed by atoms with Gasteiger partial charge in [-0.05, 0) is 44.7 Å². The van der Waals surface area contributed by atoms with Crippen LogP contribution in [0.4, 0.5) is 4.79 Å². The number of esters is 1. The number of nitrogens with one attached hydrogen (secondary N) is 2. The van der Waals surface area contributed by atoms with Crippen LogP contribution in [-0.4, -0.2) is 32.3 Å². The van der Waals surface area contributed by atoms with E-state index in [9.17, 15) is 9.59 Å². The molecule has 7 heteroatoms. The third-order valence-electron chi connectivity index (χ3n) is 5.07. The zero-order valence-electron chi connectivity index (χ0n) is 16.0. The lowest BCUT2D eigenvalue weighted by Gasteiger charge is -2.30. The van der Waals surface area contributed by atoms with Crippen LogP contribution in [0.5, 0.6) is 11.5 Å². The summed E-state index contributed by atoms with van der Waals surface area (Å²) in [5.41, 5.74) is 1.55. The predicted octanol–water partition coefficient (Wildman–Crippen LogP) is 3.21. The van der Waals surface area contributed by atoms with Gasteiger partial charge in [0.05, 0.1) is 25.8 Å². The summed E-state index contributed by atoms with van der Waals surface area (Å²) >= 11 is 0. The maximum Gasteiger partial charge on any atom is 0.338 e. The molecule has 2 N–H and O–H groups in total. The van der Waals surface area contributed by atoms with Gasteiger partial charge in [0, 0.05) is 17.3 Å². The number of rotatable bonds is 5. The van der Waals surface area contributed by atoms with Crippen molar-refractivity contribution in [2.75, 3.05) is 14.2 Å². The summed E-state index contributed by atoms with van der Waals surface area (Å²) < 4.78 is 16.4. The molecule has 1 heterocycles. The number of hydrogen-bond donors (Lipinski definition) is 2. The zero-order valence-corrected chi connectivity index (χ0v) is 16.0. The smallest absolute Gasteiger partial charge is 0.338 e. The van der Waals surface area contributed by atoms with Crippen LogP contribution in [0.2, 0.25) is 0 Å². The Morgan fingerprint density at radius 1 is 1.11 bits per heavy atom. The summed E-state index contributed by atoms with van der Waals surface area (Å²) in [6, 6.07) is 4.25. The van der Waals surface area contributed by atoms with E-state index < -0.39 is 12.0 Å². The molecule has 1 aromatic rings. The molecule has 1 aromatic carbocycles. The fourth-order valence-electron chi connectivity index (χ4n) is 3.65. The van der Waals surface area contributed by atoms with Crippen LogP contribution < -0.4 is 20.1 Å². The number of carbonyl (C=O) groups is 2. The molecular weight excluding hydrogens is 348 g/mol. The van der Waals surface area contributed by atoms with Crippen molar-refractivity contribution >= 4 is 12.0 Å². The molecule has 3 rings (SSSR count). The van der Waals surface area contributed by atoms with E-state index in [2.05, 4.69) is 10.6 Å². The number of carbonyl (C=O) groups excluding carboxylic acids is 2. The van der Waals surface area contributed by atoms with Gasteiger partial charge < -0.3 is 24.8 Å². The van der Waals surface area contributed by atoms with E-state index in [-0.39, 0.29) is 12.1 Å². The number of hydrogen-bond acceptors (Lipinski definition) is 5. The first-order chi connectivity index (χ1) is 13.0. The molecule has 1 atom stereocenters. The second-order valence-electron chi connectivity index (χ2n) is 6.84. The highest BCUT2D eigenvalue weighted by molar-refractivity contribution is 5.95. The first-order valence-electron chi connectivity index (χ1n) is 9.24. The number of methoxy groups -OCH3 is 2. The Morgan fingerprint density at radius 2 is 1.85 bits per heavy atom. The zero-order chi connectivity index (χ0) is 19.4. The molecule has 1 fully saturated rings. The highest BCUT2D eigenvalue weighted by atomic mass is 16.5. The lowest BCUT2D eigenvalue weighted by molar-refractivity contribution is -0.146. The molecule has 0 unspecified atom stereocenters. The van der Waals surface area contributed by atoms with Crippen LogP contribution >= 0.6 is 0 Å². The Kier molecular flexibility index (Phi) is 5.88. The first kappa shape index (κ1) is 19.1. The lowest BCUT2D eigenvalue weighted by Crippen LogP contribution is -2.45. The maximum atomic E-state index is 13.0. The van der Waals surface area contributed by atoms with Crippen molar-refractivity contribution in [1.29, 1.82) is 0 Å². The summed E-state index contributed by atoms with van der Waals surface area (Å²) in [5.74, 6) is 0.745. The molecule has 1 aliphatic carbocycles.